The number of halogens is 5. The van der Waals surface area contributed by atoms with Gasteiger partial charge in [0.15, 0.2) is 23.3 Å². The van der Waals surface area contributed by atoms with Gasteiger partial charge in [-0.1, -0.05) is 71.7 Å². The predicted octanol–water partition coefficient (Wildman–Crippen LogP) is 17.1. The molecular formula is C78H76Cl2F3N19O7. The van der Waals surface area contributed by atoms with E-state index in [0.29, 0.717) is 108 Å². The molecule has 1 saturated carbocycles. The van der Waals surface area contributed by atoms with E-state index >= 15 is 0 Å². The minimum atomic E-state index is -4.67. The van der Waals surface area contributed by atoms with Crippen molar-refractivity contribution in [2.75, 3.05) is 74.4 Å². The molecule has 1 aliphatic rings. The molecule has 6 heterocycles. The number of anilines is 12. The van der Waals surface area contributed by atoms with Crippen LogP contribution in [0.25, 0.3) is 33.4 Å². The zero-order valence-corrected chi connectivity index (χ0v) is 62.5. The highest BCUT2D eigenvalue weighted by atomic mass is 35.5. The topological polar surface area (TPSA) is 332 Å². The van der Waals surface area contributed by atoms with Crippen molar-refractivity contribution in [3.63, 3.8) is 0 Å². The number of ether oxygens (including phenoxy) is 3. The number of aromatic nitrogens is 10. The van der Waals surface area contributed by atoms with E-state index in [4.69, 9.17) is 41.9 Å². The van der Waals surface area contributed by atoms with Crippen molar-refractivity contribution in [3.8, 4) is 50.6 Å². The number of nitrogens with one attached hydrogen (secondary N) is 10. The molecule has 13 rings (SSSR count). The summed E-state index contributed by atoms with van der Waals surface area (Å²) in [6.07, 6.45) is 3.79. The molecule has 3 amide bonds. The highest BCUT2D eigenvalue weighted by molar-refractivity contribution is 6.33. The molecule has 0 bridgehead atoms. The molecule has 0 radical (unpaired) electrons. The van der Waals surface area contributed by atoms with Crippen LogP contribution in [-0.2, 0) is 12.6 Å². The molecule has 0 unspecified atom stereocenters. The quantitative estimate of drug-likeness (QED) is 0.0284. The number of hydrogen-bond donors (Lipinski definition) is 10. The van der Waals surface area contributed by atoms with Gasteiger partial charge in [0.2, 0.25) is 17.8 Å². The number of alkyl halides is 3. The minimum absolute atomic E-state index is 0.0520. The lowest BCUT2D eigenvalue weighted by atomic mass is 9.98. The summed E-state index contributed by atoms with van der Waals surface area (Å²) < 4.78 is 63.0. The smallest absolute Gasteiger partial charge is 0.421 e. The predicted molar refractivity (Wildman–Crippen MR) is 416 cm³/mol. The number of aromatic amines is 1. The summed E-state index contributed by atoms with van der Waals surface area (Å²) in [4.78, 5) is 65.5. The number of aryl methyl sites for hydroxylation is 5. The Morgan fingerprint density at radius 3 is 1.28 bits per heavy atom. The van der Waals surface area contributed by atoms with Gasteiger partial charge in [0, 0.05) is 74.0 Å². The van der Waals surface area contributed by atoms with E-state index in [1.807, 2.05) is 93.6 Å². The van der Waals surface area contributed by atoms with Gasteiger partial charge in [0.25, 0.3) is 17.7 Å². The fourth-order valence-electron chi connectivity index (χ4n) is 11.3. The van der Waals surface area contributed by atoms with Gasteiger partial charge in [-0.15, -0.1) is 0 Å². The number of hydrogen-bond acceptors (Lipinski definition) is 22. The monoisotopic (exact) mass is 1520 g/mol. The van der Waals surface area contributed by atoms with Gasteiger partial charge in [0.05, 0.1) is 50.8 Å². The van der Waals surface area contributed by atoms with Gasteiger partial charge >= 0.3 is 6.18 Å². The summed E-state index contributed by atoms with van der Waals surface area (Å²) in [5.74, 6) is 4.68. The third-order valence-corrected chi connectivity index (χ3v) is 17.8. The summed E-state index contributed by atoms with van der Waals surface area (Å²) in [5, 5.41) is 37.7. The summed E-state index contributed by atoms with van der Waals surface area (Å²) in [6.45, 7) is 9.77. The Hall–Kier alpha value is -12.9. The first-order valence-corrected chi connectivity index (χ1v) is 34.8. The maximum absolute atomic E-state index is 13.7. The van der Waals surface area contributed by atoms with Crippen LogP contribution in [0.1, 0.15) is 96.0 Å². The average molecular weight is 1520 g/mol. The molecule has 560 valence electrons. The first kappa shape index (κ1) is 77.2. The number of H-pyrrole nitrogens is 1. The third-order valence-electron chi connectivity index (χ3n) is 17.2. The van der Waals surface area contributed by atoms with Gasteiger partial charge < -0.3 is 66.6 Å². The number of rotatable bonds is 23. The maximum Gasteiger partial charge on any atom is 0.421 e. The van der Waals surface area contributed by atoms with Crippen molar-refractivity contribution in [1.82, 2.24) is 66.2 Å². The lowest BCUT2D eigenvalue weighted by Gasteiger charge is -2.17. The Morgan fingerprint density at radius 2 is 0.908 bits per heavy atom. The van der Waals surface area contributed by atoms with E-state index in [1.54, 1.807) is 109 Å². The van der Waals surface area contributed by atoms with Crippen molar-refractivity contribution < 1.29 is 46.3 Å². The molecule has 1 aliphatic carbocycles. The fourth-order valence-corrected chi connectivity index (χ4v) is 11.6. The van der Waals surface area contributed by atoms with Crippen LogP contribution in [0.5, 0.6) is 17.2 Å². The Morgan fingerprint density at radius 1 is 0.505 bits per heavy atom. The van der Waals surface area contributed by atoms with Crippen LogP contribution in [0, 0.1) is 27.7 Å². The molecule has 0 spiro atoms. The lowest BCUT2D eigenvalue weighted by molar-refractivity contribution is -0.137. The SMILES string of the molecule is CCc1ccnc(Nc2nc(Nc3cc(C)c(-c4ccc(C(=O)NC)cc4)cc3OC)ncc2Cl)c1.CNC(=O)c1ccc(-c2cc(OC)c(Nc3ncc(C(F)(F)F)c(Nc4cc(C5CC5)[nH]n4)n3)cc2C)cc1.CNC(=O)c1ccc(-c2cc(OC)c(Nc3ncc(Cl)c(Nc4cc(C)on4)n3)cc2C)cc1. The van der Waals surface area contributed by atoms with Crippen LogP contribution in [0.15, 0.2) is 163 Å². The molecule has 12 aromatic rings. The Labute approximate surface area is 635 Å². The minimum Gasteiger partial charge on any atom is -0.495 e. The third kappa shape index (κ3) is 19.2. The molecule has 0 atom stereocenters. The van der Waals surface area contributed by atoms with E-state index in [2.05, 4.69) is 105 Å². The van der Waals surface area contributed by atoms with E-state index in [0.717, 1.165) is 86.8 Å². The second kappa shape index (κ2) is 34.6. The number of nitrogens with zero attached hydrogens (tertiary/aromatic N) is 9. The second-order valence-electron chi connectivity index (χ2n) is 24.8. The van der Waals surface area contributed by atoms with Crippen LogP contribution in [0.2, 0.25) is 10.0 Å². The number of benzene rings is 6. The van der Waals surface area contributed by atoms with Gasteiger partial charge in [-0.25, -0.2) is 19.9 Å². The summed E-state index contributed by atoms with van der Waals surface area (Å²) in [7, 11) is 9.48. The van der Waals surface area contributed by atoms with E-state index < -0.39 is 17.6 Å². The van der Waals surface area contributed by atoms with E-state index in [-0.39, 0.29) is 29.5 Å². The lowest BCUT2D eigenvalue weighted by Crippen LogP contribution is -2.17. The highest BCUT2D eigenvalue weighted by Crippen LogP contribution is 2.43. The first-order chi connectivity index (χ1) is 52.4. The molecule has 26 nitrogen and oxygen atoms in total. The molecule has 31 heteroatoms. The molecule has 109 heavy (non-hydrogen) atoms. The number of amides is 3. The van der Waals surface area contributed by atoms with Gasteiger partial charge in [-0.05, 0) is 188 Å². The Bertz CT molecular complexity index is 5280. The fraction of sp³-hybridized carbons (Fsp3) is 0.205. The van der Waals surface area contributed by atoms with Crippen LogP contribution in [0.4, 0.5) is 83.0 Å². The molecule has 6 aromatic heterocycles. The molecule has 1 fully saturated rings. The van der Waals surface area contributed by atoms with Crippen LogP contribution in [0.3, 0.4) is 0 Å². The average Bonchev–Trinajstić information content (AvgIpc) is 1.64. The number of carbonyl (C=O) groups is 3. The zero-order chi connectivity index (χ0) is 77.6. The standard InChI is InChI=1S/C27H27ClN6O2.C27H26F3N7O2.C24H23ClN6O3/c1-5-17-10-11-30-24(13-17)33-25-21(28)15-31-27(34-25)32-22-12-16(2)20(14-23(22)36-4)18-6-8-19(9-7-18)26(35)29-3;1-14-10-21(22(39-3)11-18(14)15-4-8-17(9-5-15)25(38)31-2)33-26-32-13-19(27(28,29)30)24(35-26)34-23-12-20(36-37-23)16-6-7-16;1-13-9-19(20(33-4)11-17(13)15-5-7-16(8-6-15)23(32)26-3)28-24-27-12-18(25)22(30-24)29-21-10-14(2)34-31-21/h6-15H,5H2,1-4H3,(H,29,35)(H2,30,31,32,33,34);4-5,8-13,16H,6-7H2,1-3H3,(H,31,38)(H3,32,33,34,35,36,37);5-12H,1-4H3,(H,26,32)(H2,27,28,29,30,31). The summed E-state index contributed by atoms with van der Waals surface area (Å²) in [6, 6.07) is 40.7. The van der Waals surface area contributed by atoms with Gasteiger partial charge in [-0.3, -0.25) is 19.5 Å². The van der Waals surface area contributed by atoms with Crippen LogP contribution < -0.4 is 62.1 Å². The van der Waals surface area contributed by atoms with E-state index in [1.165, 1.54) is 19.5 Å². The molecule has 0 aliphatic heterocycles. The van der Waals surface area contributed by atoms with Crippen molar-refractivity contribution in [3.05, 3.63) is 224 Å². The van der Waals surface area contributed by atoms with Crippen LogP contribution in [-0.4, -0.2) is 110 Å². The zero-order valence-electron chi connectivity index (χ0n) is 61.0. The van der Waals surface area contributed by atoms with Crippen molar-refractivity contribution in [2.45, 2.75) is 66.0 Å². The van der Waals surface area contributed by atoms with Crippen molar-refractivity contribution in [1.29, 1.82) is 0 Å². The van der Waals surface area contributed by atoms with Crippen molar-refractivity contribution in [2.24, 2.45) is 0 Å². The Kier molecular flexibility index (Phi) is 24.5. The number of pyridine rings is 1. The largest absolute Gasteiger partial charge is 0.495 e. The Balaban J connectivity index is 0.000000163. The number of methoxy groups -OCH3 is 3. The van der Waals surface area contributed by atoms with Gasteiger partial charge in [-0.2, -0.15) is 33.2 Å². The maximum atomic E-state index is 13.7. The second-order valence-corrected chi connectivity index (χ2v) is 25.6. The highest BCUT2D eigenvalue weighted by Gasteiger charge is 2.36. The van der Waals surface area contributed by atoms with Gasteiger partial charge in [0.1, 0.15) is 50.3 Å². The molecular weight excluding hydrogens is 1440 g/mol. The molecule has 10 N–H and O–H groups in total. The van der Waals surface area contributed by atoms with Crippen LogP contribution >= 0.6 is 23.2 Å². The molecule has 6 aromatic carbocycles. The van der Waals surface area contributed by atoms with E-state index in [9.17, 15) is 27.6 Å². The summed E-state index contributed by atoms with van der Waals surface area (Å²) >= 11 is 12.6. The molecule has 0 saturated heterocycles. The van der Waals surface area contributed by atoms with Crippen molar-refractivity contribution >= 4 is 111 Å². The first-order valence-electron chi connectivity index (χ1n) is 34.0. The number of carbonyl (C=O) groups excluding carboxylic acids is 3. The normalized spacial score (nSPS) is 11.5. The summed E-state index contributed by atoms with van der Waals surface area (Å²) in [5.41, 5.74) is 13.1.